The average molecular weight is 350 g/mol. The summed E-state index contributed by atoms with van der Waals surface area (Å²) in [6.45, 7) is 7.97. The van der Waals surface area contributed by atoms with E-state index in [1.807, 2.05) is 13.8 Å². The molecule has 2 aromatic carbocycles. The predicted octanol–water partition coefficient (Wildman–Crippen LogP) is 3.74. The molecular formula is C21H26N4O. The van der Waals surface area contributed by atoms with E-state index in [4.69, 9.17) is 4.42 Å². The summed E-state index contributed by atoms with van der Waals surface area (Å²) in [6, 6.07) is 15.0. The number of aromatic nitrogens is 1. The Hall–Kier alpha value is -2.82. The first-order chi connectivity index (χ1) is 12.7. The molecule has 0 fully saturated rings. The van der Waals surface area contributed by atoms with Gasteiger partial charge in [-0.15, -0.1) is 0 Å². The fourth-order valence-corrected chi connectivity index (χ4v) is 2.81. The lowest BCUT2D eigenvalue weighted by Crippen LogP contribution is -2.38. The Bertz CT molecular complexity index is 878. The van der Waals surface area contributed by atoms with Gasteiger partial charge in [0.2, 0.25) is 5.89 Å². The first kappa shape index (κ1) is 18.0. The number of rotatable bonds is 6. The molecule has 0 unspecified atom stereocenters. The molecule has 1 heterocycles. The zero-order valence-electron chi connectivity index (χ0n) is 15.7. The molecule has 0 aliphatic rings. The SMILES string of the molecule is CCNC(=NCc1nc(C)c(C)o1)NCCc1ccc2ccccc2c1. The maximum absolute atomic E-state index is 5.58. The number of nitrogens with zero attached hydrogens (tertiary/aromatic N) is 2. The number of guanidine groups is 1. The molecule has 3 rings (SSSR count). The van der Waals surface area contributed by atoms with Crippen molar-refractivity contribution in [3.05, 3.63) is 65.4 Å². The summed E-state index contributed by atoms with van der Waals surface area (Å²) in [6.07, 6.45) is 0.937. The van der Waals surface area contributed by atoms with Crippen molar-refractivity contribution in [3.63, 3.8) is 0 Å². The third-order valence-corrected chi connectivity index (χ3v) is 4.31. The second kappa shape index (κ2) is 8.52. The minimum atomic E-state index is 0.431. The van der Waals surface area contributed by atoms with Crippen LogP contribution in [0.3, 0.4) is 0 Å². The van der Waals surface area contributed by atoms with Gasteiger partial charge in [0.25, 0.3) is 0 Å². The second-order valence-electron chi connectivity index (χ2n) is 6.30. The molecule has 136 valence electrons. The molecule has 0 amide bonds. The minimum absolute atomic E-state index is 0.431. The van der Waals surface area contributed by atoms with Crippen LogP contribution in [0.15, 0.2) is 51.9 Å². The monoisotopic (exact) mass is 350 g/mol. The summed E-state index contributed by atoms with van der Waals surface area (Å²) in [7, 11) is 0. The maximum atomic E-state index is 5.58. The lowest BCUT2D eigenvalue weighted by atomic mass is 10.1. The number of nitrogens with one attached hydrogen (secondary N) is 2. The van der Waals surface area contributed by atoms with Crippen LogP contribution in [0.25, 0.3) is 10.8 Å². The Labute approximate surface area is 154 Å². The number of hydrogen-bond donors (Lipinski definition) is 2. The largest absolute Gasteiger partial charge is 0.444 e. The Morgan fingerprint density at radius 1 is 1.08 bits per heavy atom. The zero-order valence-corrected chi connectivity index (χ0v) is 15.7. The maximum Gasteiger partial charge on any atom is 0.216 e. The van der Waals surface area contributed by atoms with E-state index in [1.165, 1.54) is 16.3 Å². The molecule has 0 bridgehead atoms. The van der Waals surface area contributed by atoms with E-state index in [2.05, 4.69) is 70.0 Å². The van der Waals surface area contributed by atoms with Gasteiger partial charge < -0.3 is 15.1 Å². The summed E-state index contributed by atoms with van der Waals surface area (Å²) < 4.78 is 5.58. The van der Waals surface area contributed by atoms with Gasteiger partial charge in [-0.25, -0.2) is 9.98 Å². The standard InChI is InChI=1S/C21H26N4O/c1-4-22-21(24-14-20-25-15(2)16(3)26-20)23-12-11-17-9-10-18-7-5-6-8-19(18)13-17/h5-10,13H,4,11-12,14H2,1-3H3,(H2,22,23,24). The van der Waals surface area contributed by atoms with Crippen molar-refractivity contribution in [2.24, 2.45) is 4.99 Å². The summed E-state index contributed by atoms with van der Waals surface area (Å²) in [5.74, 6) is 2.28. The fourth-order valence-electron chi connectivity index (χ4n) is 2.81. The third kappa shape index (κ3) is 4.63. The normalized spacial score (nSPS) is 11.7. The number of benzene rings is 2. The minimum Gasteiger partial charge on any atom is -0.444 e. The Morgan fingerprint density at radius 3 is 2.62 bits per heavy atom. The van der Waals surface area contributed by atoms with E-state index in [9.17, 15) is 0 Å². The number of hydrogen-bond acceptors (Lipinski definition) is 3. The molecule has 26 heavy (non-hydrogen) atoms. The van der Waals surface area contributed by atoms with Gasteiger partial charge in [0.05, 0.1) is 5.69 Å². The van der Waals surface area contributed by atoms with E-state index in [0.717, 1.165) is 36.9 Å². The van der Waals surface area contributed by atoms with Crippen LogP contribution in [0.4, 0.5) is 0 Å². The van der Waals surface area contributed by atoms with Crippen molar-refractivity contribution < 1.29 is 4.42 Å². The van der Waals surface area contributed by atoms with Crippen molar-refractivity contribution in [1.82, 2.24) is 15.6 Å². The van der Waals surface area contributed by atoms with Crippen molar-refractivity contribution >= 4 is 16.7 Å². The van der Waals surface area contributed by atoms with Gasteiger partial charge in [-0.3, -0.25) is 0 Å². The van der Waals surface area contributed by atoms with Gasteiger partial charge in [-0.05, 0) is 43.5 Å². The number of aliphatic imine (C=N–C) groups is 1. The van der Waals surface area contributed by atoms with Gasteiger partial charge in [0.15, 0.2) is 5.96 Å². The molecule has 5 nitrogen and oxygen atoms in total. The number of fused-ring (bicyclic) bond motifs is 1. The molecule has 3 aromatic rings. The summed E-state index contributed by atoms with van der Waals surface area (Å²) >= 11 is 0. The zero-order chi connectivity index (χ0) is 18.4. The third-order valence-electron chi connectivity index (χ3n) is 4.31. The molecule has 0 aliphatic carbocycles. The molecule has 5 heteroatoms. The van der Waals surface area contributed by atoms with E-state index in [0.29, 0.717) is 12.4 Å². The highest BCUT2D eigenvalue weighted by Gasteiger charge is 2.05. The van der Waals surface area contributed by atoms with Crippen LogP contribution in [0.1, 0.15) is 29.8 Å². The van der Waals surface area contributed by atoms with Crippen molar-refractivity contribution in [2.75, 3.05) is 13.1 Å². The summed E-state index contributed by atoms with van der Waals surface area (Å²) in [5.41, 5.74) is 2.23. The molecule has 1 aromatic heterocycles. The molecule has 0 radical (unpaired) electrons. The van der Waals surface area contributed by atoms with Crippen molar-refractivity contribution in [2.45, 2.75) is 33.7 Å². The first-order valence-electron chi connectivity index (χ1n) is 9.08. The molecule has 0 saturated heterocycles. The highest BCUT2D eigenvalue weighted by molar-refractivity contribution is 5.83. The van der Waals surface area contributed by atoms with Crippen LogP contribution >= 0.6 is 0 Å². The van der Waals surface area contributed by atoms with Crippen LogP contribution < -0.4 is 10.6 Å². The fraction of sp³-hybridized carbons (Fsp3) is 0.333. The van der Waals surface area contributed by atoms with Gasteiger partial charge >= 0.3 is 0 Å². The van der Waals surface area contributed by atoms with Gasteiger partial charge in [0.1, 0.15) is 12.3 Å². The van der Waals surface area contributed by atoms with Crippen LogP contribution in [-0.2, 0) is 13.0 Å². The topological polar surface area (TPSA) is 62.5 Å². The lowest BCUT2D eigenvalue weighted by Gasteiger charge is -2.11. The molecule has 0 atom stereocenters. The van der Waals surface area contributed by atoms with Gasteiger partial charge in [-0.1, -0.05) is 42.5 Å². The summed E-state index contributed by atoms with van der Waals surface area (Å²) in [4.78, 5) is 8.93. The first-order valence-corrected chi connectivity index (χ1v) is 9.08. The molecule has 2 N–H and O–H groups in total. The Balaban J connectivity index is 1.57. The smallest absolute Gasteiger partial charge is 0.216 e. The predicted molar refractivity (Wildman–Crippen MR) is 106 cm³/mol. The van der Waals surface area contributed by atoms with Gasteiger partial charge in [-0.2, -0.15) is 0 Å². The second-order valence-corrected chi connectivity index (χ2v) is 6.30. The molecule has 0 saturated carbocycles. The molecule has 0 aliphatic heterocycles. The Kier molecular flexibility index (Phi) is 5.89. The van der Waals surface area contributed by atoms with Crippen molar-refractivity contribution in [3.8, 4) is 0 Å². The van der Waals surface area contributed by atoms with Crippen LogP contribution in [0.5, 0.6) is 0 Å². The van der Waals surface area contributed by atoms with E-state index in [1.54, 1.807) is 0 Å². The average Bonchev–Trinajstić information content (AvgIpc) is 2.97. The highest BCUT2D eigenvalue weighted by atomic mass is 16.4. The molecule has 0 spiro atoms. The summed E-state index contributed by atoms with van der Waals surface area (Å²) in [5, 5.41) is 9.19. The number of oxazole rings is 1. The van der Waals surface area contributed by atoms with E-state index < -0.39 is 0 Å². The van der Waals surface area contributed by atoms with Crippen LogP contribution in [0, 0.1) is 13.8 Å². The lowest BCUT2D eigenvalue weighted by molar-refractivity contribution is 0.473. The number of aryl methyl sites for hydroxylation is 2. The van der Waals surface area contributed by atoms with E-state index >= 15 is 0 Å². The Morgan fingerprint density at radius 2 is 1.88 bits per heavy atom. The highest BCUT2D eigenvalue weighted by Crippen LogP contribution is 2.15. The van der Waals surface area contributed by atoms with Gasteiger partial charge in [0, 0.05) is 13.1 Å². The van der Waals surface area contributed by atoms with Crippen molar-refractivity contribution in [1.29, 1.82) is 0 Å². The molecular weight excluding hydrogens is 324 g/mol. The van der Waals surface area contributed by atoms with E-state index in [-0.39, 0.29) is 0 Å². The van der Waals surface area contributed by atoms with Crippen LogP contribution in [0.2, 0.25) is 0 Å². The quantitative estimate of drug-likeness (QED) is 0.525. The van der Waals surface area contributed by atoms with Crippen LogP contribution in [-0.4, -0.2) is 24.0 Å².